The molecule has 1 aliphatic rings. The van der Waals surface area contributed by atoms with Crippen LogP contribution in [0.25, 0.3) is 11.3 Å². The van der Waals surface area contributed by atoms with Crippen LogP contribution in [-0.4, -0.2) is 32.8 Å². The van der Waals surface area contributed by atoms with Gasteiger partial charge in [0.25, 0.3) is 0 Å². The van der Waals surface area contributed by atoms with Gasteiger partial charge in [-0.1, -0.05) is 23.7 Å². The summed E-state index contributed by atoms with van der Waals surface area (Å²) in [5.41, 5.74) is 3.75. The van der Waals surface area contributed by atoms with E-state index >= 15 is 0 Å². The highest BCUT2D eigenvalue weighted by atomic mass is 35.5. The average Bonchev–Trinajstić information content (AvgIpc) is 2.69. The van der Waals surface area contributed by atoms with Crippen molar-refractivity contribution in [2.24, 2.45) is 0 Å². The summed E-state index contributed by atoms with van der Waals surface area (Å²) in [6.45, 7) is 0.928. The molecule has 3 rings (SSSR count). The maximum atomic E-state index is 11.2. The Labute approximate surface area is 121 Å². The summed E-state index contributed by atoms with van der Waals surface area (Å²) in [5.74, 6) is 0. The van der Waals surface area contributed by atoms with Crippen LogP contribution in [0.2, 0.25) is 5.02 Å². The van der Waals surface area contributed by atoms with E-state index in [-0.39, 0.29) is 0 Å². The van der Waals surface area contributed by atoms with Crippen LogP contribution in [0.15, 0.2) is 24.3 Å². The van der Waals surface area contributed by atoms with E-state index in [0.717, 1.165) is 35.4 Å². The number of halogens is 1. The normalized spacial score (nSPS) is 14.8. The quantitative estimate of drug-likeness (QED) is 0.848. The minimum Gasteiger partial charge on any atom is -0.465 e. The Morgan fingerprint density at radius 2 is 2.10 bits per heavy atom. The van der Waals surface area contributed by atoms with Crippen molar-refractivity contribution < 1.29 is 9.90 Å². The fourth-order valence-electron chi connectivity index (χ4n) is 2.50. The van der Waals surface area contributed by atoms with Crippen LogP contribution in [0.3, 0.4) is 0 Å². The number of nitrogens with zero attached hydrogens (tertiary/aromatic N) is 2. The van der Waals surface area contributed by atoms with Crippen LogP contribution in [0.1, 0.15) is 17.7 Å². The van der Waals surface area contributed by atoms with Crippen LogP contribution >= 0.6 is 11.6 Å². The molecule has 1 amide bonds. The molecule has 0 unspecified atom stereocenters. The summed E-state index contributed by atoms with van der Waals surface area (Å²) in [4.78, 5) is 12.6. The Hall–Kier alpha value is -2.01. The topological polar surface area (TPSA) is 69.2 Å². The first kappa shape index (κ1) is 13.0. The van der Waals surface area contributed by atoms with E-state index in [1.165, 1.54) is 4.90 Å². The fraction of sp³-hybridized carbons (Fsp3) is 0.286. The summed E-state index contributed by atoms with van der Waals surface area (Å²) in [6.07, 6.45) is 0.738. The number of H-pyrrole nitrogens is 1. The van der Waals surface area contributed by atoms with Crippen molar-refractivity contribution in [3.05, 3.63) is 40.5 Å². The molecule has 0 bridgehead atoms. The van der Waals surface area contributed by atoms with Crippen LogP contribution in [-0.2, 0) is 13.0 Å². The molecule has 104 valence electrons. The van der Waals surface area contributed by atoms with Crippen molar-refractivity contribution in [1.82, 2.24) is 15.1 Å². The first-order valence-electron chi connectivity index (χ1n) is 6.45. The van der Waals surface area contributed by atoms with Gasteiger partial charge in [0.1, 0.15) is 0 Å². The summed E-state index contributed by atoms with van der Waals surface area (Å²) in [5, 5.41) is 17.3. The molecule has 6 heteroatoms. The Bertz CT molecular complexity index is 636. The molecule has 0 saturated heterocycles. The third-order valence-corrected chi connectivity index (χ3v) is 3.80. The second-order valence-corrected chi connectivity index (χ2v) is 5.28. The highest BCUT2D eigenvalue weighted by Gasteiger charge is 2.23. The van der Waals surface area contributed by atoms with E-state index in [0.29, 0.717) is 18.1 Å². The maximum absolute atomic E-state index is 11.2. The molecule has 0 fully saturated rings. The number of carbonyl (C=O) groups is 1. The van der Waals surface area contributed by atoms with Gasteiger partial charge in [-0.25, -0.2) is 4.79 Å². The zero-order valence-electron chi connectivity index (χ0n) is 10.8. The van der Waals surface area contributed by atoms with Gasteiger partial charge in [-0.3, -0.25) is 5.10 Å². The fourth-order valence-corrected chi connectivity index (χ4v) is 2.63. The lowest BCUT2D eigenvalue weighted by atomic mass is 10.0. The van der Waals surface area contributed by atoms with E-state index in [1.807, 2.05) is 24.3 Å². The average molecular weight is 292 g/mol. The number of aromatic amines is 1. The molecule has 2 N–H and O–H groups in total. The van der Waals surface area contributed by atoms with E-state index in [2.05, 4.69) is 10.2 Å². The second kappa shape index (κ2) is 5.17. The predicted molar refractivity (Wildman–Crippen MR) is 75.8 cm³/mol. The molecule has 2 heterocycles. The van der Waals surface area contributed by atoms with Gasteiger partial charge < -0.3 is 10.0 Å². The summed E-state index contributed by atoms with van der Waals surface area (Å²) >= 11 is 5.89. The molecule has 1 aliphatic heterocycles. The van der Waals surface area contributed by atoms with E-state index in [9.17, 15) is 9.90 Å². The summed E-state index contributed by atoms with van der Waals surface area (Å²) < 4.78 is 0. The van der Waals surface area contributed by atoms with Gasteiger partial charge in [0.2, 0.25) is 0 Å². The molecule has 0 saturated carbocycles. The second-order valence-electron chi connectivity index (χ2n) is 4.84. The van der Waals surface area contributed by atoms with Crippen molar-refractivity contribution in [1.29, 1.82) is 0 Å². The first-order valence-corrected chi connectivity index (χ1v) is 6.83. The van der Waals surface area contributed by atoms with Gasteiger partial charge in [-0.05, 0) is 25.0 Å². The van der Waals surface area contributed by atoms with Crippen molar-refractivity contribution in [3.63, 3.8) is 0 Å². The van der Waals surface area contributed by atoms with Crippen molar-refractivity contribution >= 4 is 17.7 Å². The van der Waals surface area contributed by atoms with Crippen molar-refractivity contribution in [3.8, 4) is 11.3 Å². The highest BCUT2D eigenvalue weighted by Crippen LogP contribution is 2.28. The van der Waals surface area contributed by atoms with Gasteiger partial charge in [-0.15, -0.1) is 0 Å². The first-order chi connectivity index (χ1) is 9.65. The summed E-state index contributed by atoms with van der Waals surface area (Å²) in [6, 6.07) is 7.41. The molecule has 1 aromatic heterocycles. The van der Waals surface area contributed by atoms with Gasteiger partial charge in [0.05, 0.1) is 12.2 Å². The van der Waals surface area contributed by atoms with Crippen LogP contribution in [0.4, 0.5) is 4.79 Å². The number of carboxylic acid groups (broad SMARTS) is 1. The van der Waals surface area contributed by atoms with Gasteiger partial charge in [0, 0.05) is 28.4 Å². The third kappa shape index (κ3) is 2.36. The zero-order chi connectivity index (χ0) is 14.1. The van der Waals surface area contributed by atoms with Crippen molar-refractivity contribution in [2.45, 2.75) is 19.4 Å². The SMILES string of the molecule is O=C(O)N1CCCc2[nH]nc(-c3ccc(Cl)cc3)c2C1. The molecule has 0 radical (unpaired) electrons. The highest BCUT2D eigenvalue weighted by molar-refractivity contribution is 6.30. The Kier molecular flexibility index (Phi) is 3.36. The molecule has 0 atom stereocenters. The number of rotatable bonds is 1. The van der Waals surface area contributed by atoms with Crippen LogP contribution in [0, 0.1) is 0 Å². The molecule has 1 aromatic carbocycles. The molecular weight excluding hydrogens is 278 g/mol. The number of amides is 1. The van der Waals surface area contributed by atoms with Crippen LogP contribution in [0.5, 0.6) is 0 Å². The standard InChI is InChI=1S/C14H14ClN3O2/c15-10-5-3-9(4-6-10)13-11-8-18(14(19)20)7-1-2-12(11)16-17-13/h3-6H,1-2,7-8H2,(H,16,17)(H,19,20). The number of aromatic nitrogens is 2. The smallest absolute Gasteiger partial charge is 0.407 e. The molecule has 0 spiro atoms. The number of fused-ring (bicyclic) bond motifs is 1. The van der Waals surface area contributed by atoms with E-state index < -0.39 is 6.09 Å². The molecule has 2 aromatic rings. The minimum atomic E-state index is -0.888. The number of aryl methyl sites for hydroxylation is 1. The zero-order valence-corrected chi connectivity index (χ0v) is 11.5. The van der Waals surface area contributed by atoms with E-state index in [1.54, 1.807) is 0 Å². The lowest BCUT2D eigenvalue weighted by Crippen LogP contribution is -2.28. The monoisotopic (exact) mass is 291 g/mol. The lowest BCUT2D eigenvalue weighted by molar-refractivity contribution is 0.143. The van der Waals surface area contributed by atoms with E-state index in [4.69, 9.17) is 11.6 Å². The molecular formula is C14H14ClN3O2. The van der Waals surface area contributed by atoms with Crippen LogP contribution < -0.4 is 0 Å². The van der Waals surface area contributed by atoms with Gasteiger partial charge >= 0.3 is 6.09 Å². The third-order valence-electron chi connectivity index (χ3n) is 3.54. The predicted octanol–water partition coefficient (Wildman–Crippen LogP) is 3.16. The molecule has 20 heavy (non-hydrogen) atoms. The summed E-state index contributed by atoms with van der Waals surface area (Å²) in [7, 11) is 0. The number of hydrogen-bond donors (Lipinski definition) is 2. The Balaban J connectivity index is 2.00. The Morgan fingerprint density at radius 1 is 1.35 bits per heavy atom. The van der Waals surface area contributed by atoms with Gasteiger partial charge in [-0.2, -0.15) is 5.10 Å². The Morgan fingerprint density at radius 3 is 2.80 bits per heavy atom. The maximum Gasteiger partial charge on any atom is 0.407 e. The number of hydrogen-bond acceptors (Lipinski definition) is 2. The van der Waals surface area contributed by atoms with Gasteiger partial charge in [0.15, 0.2) is 0 Å². The lowest BCUT2D eigenvalue weighted by Gasteiger charge is -2.16. The number of benzene rings is 1. The van der Waals surface area contributed by atoms with Crippen molar-refractivity contribution in [2.75, 3.05) is 6.54 Å². The molecule has 0 aliphatic carbocycles. The minimum absolute atomic E-state index is 0.374. The number of nitrogens with one attached hydrogen (secondary N) is 1. The largest absolute Gasteiger partial charge is 0.465 e. The molecule has 5 nitrogen and oxygen atoms in total.